The van der Waals surface area contributed by atoms with Crippen LogP contribution in [0.25, 0.3) is 6.08 Å². The van der Waals surface area contributed by atoms with Crippen LogP contribution < -0.4 is 9.47 Å². The molecule has 2 unspecified atom stereocenters. The quantitative estimate of drug-likeness (QED) is 0.217. The maximum absolute atomic E-state index is 12.0. The van der Waals surface area contributed by atoms with Crippen molar-refractivity contribution in [2.24, 2.45) is 0 Å². The molecule has 1 rings (SSSR count). The molecule has 152 valence electrons. The topological polar surface area (TPSA) is 135 Å². The molecule has 0 saturated carbocycles. The number of carbonyl (C=O) groups is 1. The van der Waals surface area contributed by atoms with Crippen LogP contribution in [0.3, 0.4) is 0 Å². The third kappa shape index (κ3) is 7.83. The first-order chi connectivity index (χ1) is 12.9. The molecular weight excluding hydrogens is 360 g/mol. The van der Waals surface area contributed by atoms with E-state index >= 15 is 0 Å². The molecule has 1 aromatic carbocycles. The highest BCUT2D eigenvalue weighted by Crippen LogP contribution is 2.29. The van der Waals surface area contributed by atoms with Crippen LogP contribution in [-0.2, 0) is 14.3 Å². The Hall–Kier alpha value is -2.33. The fourth-order valence-corrected chi connectivity index (χ4v) is 1.88. The number of benzene rings is 1. The normalized spacial score (nSPS) is 13.6. The molecule has 0 fully saturated rings. The van der Waals surface area contributed by atoms with Gasteiger partial charge in [-0.05, 0) is 30.7 Å². The summed E-state index contributed by atoms with van der Waals surface area (Å²) in [5, 5.41) is 36.4. The number of aliphatic hydroxyl groups excluding tert-OH is 4. The third-order valence-electron chi connectivity index (χ3n) is 3.25. The molecule has 9 heteroatoms. The number of methoxy groups -OCH3 is 1. The van der Waals surface area contributed by atoms with E-state index in [1.165, 1.54) is 13.2 Å². The minimum Gasteiger partial charge on any atom is -0.493 e. The molecule has 1 aromatic rings. The zero-order chi connectivity index (χ0) is 20.2. The standard InChI is InChI=1S/C18H26O9/c1-3-25-18(23)17(27-11-14(22)9-20)7-12-4-5-15(16(6-12)24-2)26-10-13(21)8-19/h4-7,13-14,19-22H,3,8-11H2,1-2H3. The first-order valence-electron chi connectivity index (χ1n) is 8.35. The van der Waals surface area contributed by atoms with E-state index in [2.05, 4.69) is 0 Å². The van der Waals surface area contributed by atoms with Crippen molar-refractivity contribution in [1.82, 2.24) is 0 Å². The van der Waals surface area contributed by atoms with Gasteiger partial charge in [-0.25, -0.2) is 4.79 Å². The van der Waals surface area contributed by atoms with E-state index in [-0.39, 0.29) is 25.6 Å². The Bertz CT molecular complexity index is 615. The maximum atomic E-state index is 12.0. The number of hydrogen-bond donors (Lipinski definition) is 4. The minimum atomic E-state index is -1.13. The number of aliphatic hydroxyl groups is 4. The summed E-state index contributed by atoms with van der Waals surface area (Å²) in [7, 11) is 1.43. The minimum absolute atomic E-state index is 0.113. The predicted octanol–water partition coefficient (Wildman–Crippen LogP) is -0.299. The Morgan fingerprint density at radius 1 is 1.07 bits per heavy atom. The summed E-state index contributed by atoms with van der Waals surface area (Å²) in [4.78, 5) is 12.0. The van der Waals surface area contributed by atoms with Crippen molar-refractivity contribution in [1.29, 1.82) is 0 Å². The molecule has 0 spiro atoms. The molecule has 9 nitrogen and oxygen atoms in total. The number of rotatable bonds is 12. The lowest BCUT2D eigenvalue weighted by molar-refractivity contribution is -0.143. The predicted molar refractivity (Wildman–Crippen MR) is 95.2 cm³/mol. The van der Waals surface area contributed by atoms with Crippen molar-refractivity contribution in [2.75, 3.05) is 40.1 Å². The third-order valence-corrected chi connectivity index (χ3v) is 3.25. The van der Waals surface area contributed by atoms with Crippen molar-refractivity contribution in [3.05, 3.63) is 29.5 Å². The highest BCUT2D eigenvalue weighted by molar-refractivity contribution is 5.91. The second-order valence-corrected chi connectivity index (χ2v) is 5.43. The van der Waals surface area contributed by atoms with Crippen LogP contribution in [0, 0.1) is 0 Å². The average molecular weight is 386 g/mol. The molecule has 0 heterocycles. The molecule has 0 aliphatic rings. The van der Waals surface area contributed by atoms with Crippen molar-refractivity contribution >= 4 is 12.0 Å². The van der Waals surface area contributed by atoms with Crippen LogP contribution >= 0.6 is 0 Å². The SMILES string of the molecule is CCOC(=O)C(=Cc1ccc(OCC(O)CO)c(OC)c1)OCC(O)CO. The van der Waals surface area contributed by atoms with E-state index in [1.807, 2.05) is 0 Å². The van der Waals surface area contributed by atoms with E-state index < -0.39 is 31.4 Å². The Morgan fingerprint density at radius 2 is 1.74 bits per heavy atom. The van der Waals surface area contributed by atoms with E-state index in [0.29, 0.717) is 17.1 Å². The van der Waals surface area contributed by atoms with Crippen LogP contribution in [0.1, 0.15) is 12.5 Å². The summed E-state index contributed by atoms with van der Waals surface area (Å²) in [6.07, 6.45) is -0.751. The van der Waals surface area contributed by atoms with Gasteiger partial charge in [0, 0.05) is 0 Å². The lowest BCUT2D eigenvalue weighted by Gasteiger charge is -2.14. The first kappa shape index (κ1) is 22.7. The van der Waals surface area contributed by atoms with E-state index in [4.69, 9.17) is 29.2 Å². The van der Waals surface area contributed by atoms with Gasteiger partial charge in [0.1, 0.15) is 25.4 Å². The van der Waals surface area contributed by atoms with Crippen molar-refractivity contribution in [2.45, 2.75) is 19.1 Å². The van der Waals surface area contributed by atoms with Crippen LogP contribution in [0.2, 0.25) is 0 Å². The molecule has 0 bridgehead atoms. The van der Waals surface area contributed by atoms with Gasteiger partial charge in [-0.15, -0.1) is 0 Å². The van der Waals surface area contributed by atoms with Gasteiger partial charge in [0.05, 0.1) is 26.9 Å². The van der Waals surface area contributed by atoms with Crippen molar-refractivity contribution in [3.8, 4) is 11.5 Å². The zero-order valence-corrected chi connectivity index (χ0v) is 15.3. The number of hydrogen-bond acceptors (Lipinski definition) is 9. The molecule has 0 aliphatic heterocycles. The van der Waals surface area contributed by atoms with Crippen LogP contribution in [0.5, 0.6) is 11.5 Å². The first-order valence-corrected chi connectivity index (χ1v) is 8.35. The molecule has 0 aliphatic carbocycles. The molecule has 2 atom stereocenters. The average Bonchev–Trinajstić information content (AvgIpc) is 2.69. The van der Waals surface area contributed by atoms with Gasteiger partial charge in [0.2, 0.25) is 5.76 Å². The Morgan fingerprint density at radius 3 is 2.33 bits per heavy atom. The number of ether oxygens (including phenoxy) is 4. The summed E-state index contributed by atoms with van der Waals surface area (Å²) < 4.78 is 20.8. The summed E-state index contributed by atoms with van der Waals surface area (Å²) in [5.41, 5.74) is 0.531. The summed E-state index contributed by atoms with van der Waals surface area (Å²) in [6, 6.07) is 4.76. The second-order valence-electron chi connectivity index (χ2n) is 5.43. The highest BCUT2D eigenvalue weighted by Gasteiger charge is 2.16. The van der Waals surface area contributed by atoms with Gasteiger partial charge in [-0.1, -0.05) is 6.07 Å². The molecular formula is C18H26O9. The molecule has 27 heavy (non-hydrogen) atoms. The zero-order valence-electron chi connectivity index (χ0n) is 15.3. The van der Waals surface area contributed by atoms with Gasteiger partial charge in [0.25, 0.3) is 0 Å². The Balaban J connectivity index is 3.01. The molecule has 0 radical (unpaired) electrons. The lowest BCUT2D eigenvalue weighted by atomic mass is 10.1. The molecule has 4 N–H and O–H groups in total. The highest BCUT2D eigenvalue weighted by atomic mass is 16.6. The van der Waals surface area contributed by atoms with Crippen LogP contribution in [0.15, 0.2) is 24.0 Å². The fourth-order valence-electron chi connectivity index (χ4n) is 1.88. The maximum Gasteiger partial charge on any atom is 0.373 e. The monoisotopic (exact) mass is 386 g/mol. The Kier molecular flexibility index (Phi) is 10.2. The second kappa shape index (κ2) is 12.1. The van der Waals surface area contributed by atoms with Crippen LogP contribution in [-0.4, -0.2) is 78.7 Å². The number of carbonyl (C=O) groups excluding carboxylic acids is 1. The molecule has 0 amide bonds. The largest absolute Gasteiger partial charge is 0.493 e. The van der Waals surface area contributed by atoms with E-state index in [1.54, 1.807) is 25.1 Å². The van der Waals surface area contributed by atoms with Gasteiger partial charge in [0.15, 0.2) is 11.5 Å². The molecule has 0 saturated heterocycles. The lowest BCUT2D eigenvalue weighted by Crippen LogP contribution is -2.21. The molecule has 0 aromatic heterocycles. The van der Waals surface area contributed by atoms with Gasteiger partial charge in [-0.3, -0.25) is 0 Å². The van der Waals surface area contributed by atoms with E-state index in [0.717, 1.165) is 0 Å². The van der Waals surface area contributed by atoms with Crippen LogP contribution in [0.4, 0.5) is 0 Å². The van der Waals surface area contributed by atoms with Gasteiger partial charge >= 0.3 is 5.97 Å². The van der Waals surface area contributed by atoms with Gasteiger partial charge in [-0.2, -0.15) is 0 Å². The summed E-state index contributed by atoms with van der Waals surface area (Å²) in [5.74, 6) is -0.173. The summed E-state index contributed by atoms with van der Waals surface area (Å²) >= 11 is 0. The van der Waals surface area contributed by atoms with Crippen molar-refractivity contribution in [3.63, 3.8) is 0 Å². The number of esters is 1. The smallest absolute Gasteiger partial charge is 0.373 e. The van der Waals surface area contributed by atoms with Gasteiger partial charge < -0.3 is 39.4 Å². The van der Waals surface area contributed by atoms with E-state index in [9.17, 15) is 15.0 Å². The fraction of sp³-hybridized carbons (Fsp3) is 0.500. The van der Waals surface area contributed by atoms with Crippen molar-refractivity contribution < 1.29 is 44.2 Å². The Labute approximate surface area is 157 Å². The summed E-state index contributed by atoms with van der Waals surface area (Å²) in [6.45, 7) is 0.467.